The smallest absolute Gasteiger partial charge is 0.142 e. The van der Waals surface area contributed by atoms with E-state index in [1.807, 2.05) is 6.07 Å². The molecule has 4 rings (SSSR count). The summed E-state index contributed by atoms with van der Waals surface area (Å²) < 4.78 is 28.5. The van der Waals surface area contributed by atoms with Crippen LogP contribution in [0.15, 0.2) is 60.7 Å². The molecule has 1 aliphatic carbocycles. The maximum absolute atomic E-state index is 14.8. The third-order valence-electron chi connectivity index (χ3n) is 8.25. The van der Waals surface area contributed by atoms with Gasteiger partial charge in [0.25, 0.3) is 0 Å². The summed E-state index contributed by atoms with van der Waals surface area (Å²) >= 11 is 5.76. The van der Waals surface area contributed by atoms with Gasteiger partial charge in [-0.05, 0) is 90.8 Å². The van der Waals surface area contributed by atoms with Crippen LogP contribution in [-0.4, -0.2) is 0 Å². The van der Waals surface area contributed by atoms with Crippen molar-refractivity contribution >= 4 is 11.6 Å². The van der Waals surface area contributed by atoms with E-state index in [0.29, 0.717) is 11.1 Å². The Kier molecular flexibility index (Phi) is 10.6. The molecule has 0 heterocycles. The maximum Gasteiger partial charge on any atom is 0.142 e. The quantitative estimate of drug-likeness (QED) is 0.207. The minimum absolute atomic E-state index is 0.0534. The SMILES string of the molecule is CCCCCCc1ccc(CCC2CCC(CCc3ccc(-c4ccc(Cl)c(F)c4)c(F)c3)CC2)cc1. The van der Waals surface area contributed by atoms with Crippen molar-refractivity contribution in [1.29, 1.82) is 0 Å². The van der Waals surface area contributed by atoms with Crippen molar-refractivity contribution in [2.45, 2.75) is 90.4 Å². The monoisotopic (exact) mass is 522 g/mol. The normalized spacial score (nSPS) is 17.7. The van der Waals surface area contributed by atoms with Gasteiger partial charge < -0.3 is 0 Å². The second-order valence-electron chi connectivity index (χ2n) is 11.0. The van der Waals surface area contributed by atoms with E-state index >= 15 is 0 Å². The Morgan fingerprint density at radius 3 is 1.84 bits per heavy atom. The van der Waals surface area contributed by atoms with Gasteiger partial charge in [0.05, 0.1) is 5.02 Å². The number of unbranched alkanes of at least 4 members (excludes halogenated alkanes) is 3. The summed E-state index contributed by atoms with van der Waals surface area (Å²) in [6.07, 6.45) is 16.2. The van der Waals surface area contributed by atoms with Gasteiger partial charge >= 0.3 is 0 Å². The first kappa shape index (κ1) is 27.8. The van der Waals surface area contributed by atoms with Crippen molar-refractivity contribution in [2.75, 3.05) is 0 Å². The Bertz CT molecular complexity index is 1110. The molecule has 0 radical (unpaired) electrons. The molecular formula is C34H41ClF2. The number of halogens is 3. The average molecular weight is 523 g/mol. The van der Waals surface area contributed by atoms with E-state index in [-0.39, 0.29) is 10.8 Å². The first-order valence-corrected chi connectivity index (χ1v) is 14.7. The topological polar surface area (TPSA) is 0 Å². The highest BCUT2D eigenvalue weighted by Crippen LogP contribution is 2.34. The molecule has 3 heteroatoms. The fourth-order valence-corrected chi connectivity index (χ4v) is 5.91. The van der Waals surface area contributed by atoms with Crippen LogP contribution in [0.25, 0.3) is 11.1 Å². The molecule has 0 saturated heterocycles. The zero-order valence-corrected chi connectivity index (χ0v) is 23.0. The zero-order valence-electron chi connectivity index (χ0n) is 22.3. The number of aryl methyl sites for hydroxylation is 3. The van der Waals surface area contributed by atoms with Crippen LogP contribution in [0.3, 0.4) is 0 Å². The maximum atomic E-state index is 14.8. The van der Waals surface area contributed by atoms with Gasteiger partial charge in [-0.25, -0.2) is 8.78 Å². The fourth-order valence-electron chi connectivity index (χ4n) is 5.79. The van der Waals surface area contributed by atoms with Crippen molar-refractivity contribution in [1.82, 2.24) is 0 Å². The van der Waals surface area contributed by atoms with Crippen molar-refractivity contribution in [3.63, 3.8) is 0 Å². The van der Waals surface area contributed by atoms with Crippen LogP contribution in [-0.2, 0) is 19.3 Å². The largest absolute Gasteiger partial charge is 0.206 e. The minimum Gasteiger partial charge on any atom is -0.206 e. The van der Waals surface area contributed by atoms with Gasteiger partial charge in [-0.3, -0.25) is 0 Å². The predicted octanol–water partition coefficient (Wildman–Crippen LogP) is 10.8. The van der Waals surface area contributed by atoms with Gasteiger partial charge in [0, 0.05) is 5.56 Å². The minimum atomic E-state index is -0.524. The van der Waals surface area contributed by atoms with Crippen LogP contribution >= 0.6 is 11.6 Å². The summed E-state index contributed by atoms with van der Waals surface area (Å²) in [5, 5.41) is 0.0534. The van der Waals surface area contributed by atoms with Gasteiger partial charge in [0.15, 0.2) is 0 Å². The van der Waals surface area contributed by atoms with Crippen molar-refractivity contribution in [2.24, 2.45) is 11.8 Å². The highest BCUT2D eigenvalue weighted by molar-refractivity contribution is 6.30. The third kappa shape index (κ3) is 8.40. The highest BCUT2D eigenvalue weighted by Gasteiger charge is 2.21. The van der Waals surface area contributed by atoms with Crippen LogP contribution in [0.5, 0.6) is 0 Å². The van der Waals surface area contributed by atoms with Crippen LogP contribution in [0.2, 0.25) is 5.02 Å². The zero-order chi connectivity index (χ0) is 26.0. The molecule has 0 N–H and O–H groups in total. The molecule has 0 aromatic heterocycles. The highest BCUT2D eigenvalue weighted by atomic mass is 35.5. The standard InChI is InChI=1S/C34H41ClF2/c1-2-3-4-5-6-25-7-9-26(10-8-25)11-12-27-13-15-28(16-14-27)17-18-29-19-21-31(33(36)23-29)30-20-22-32(35)34(37)24-30/h7-10,19-24,27-28H,2-6,11-18H2,1H3. The van der Waals surface area contributed by atoms with Crippen LogP contribution in [0, 0.1) is 23.5 Å². The van der Waals surface area contributed by atoms with Crippen LogP contribution < -0.4 is 0 Å². The lowest BCUT2D eigenvalue weighted by Gasteiger charge is -2.28. The predicted molar refractivity (Wildman–Crippen MR) is 153 cm³/mol. The first-order valence-electron chi connectivity index (χ1n) is 14.3. The molecule has 3 aromatic rings. The second-order valence-corrected chi connectivity index (χ2v) is 11.4. The Morgan fingerprint density at radius 1 is 0.649 bits per heavy atom. The molecule has 0 nitrogen and oxygen atoms in total. The molecule has 0 unspecified atom stereocenters. The van der Waals surface area contributed by atoms with Crippen molar-refractivity contribution < 1.29 is 8.78 Å². The molecule has 0 atom stereocenters. The van der Waals surface area contributed by atoms with Gasteiger partial charge in [-0.1, -0.05) is 106 Å². The molecule has 0 spiro atoms. The Hall–Kier alpha value is -2.19. The van der Waals surface area contributed by atoms with E-state index in [2.05, 4.69) is 31.2 Å². The van der Waals surface area contributed by atoms with Crippen molar-refractivity contribution in [3.8, 4) is 11.1 Å². The lowest BCUT2D eigenvalue weighted by molar-refractivity contribution is 0.253. The third-order valence-corrected chi connectivity index (χ3v) is 8.56. The molecule has 1 fully saturated rings. The molecule has 0 bridgehead atoms. The fraction of sp³-hybridized carbons (Fsp3) is 0.471. The molecule has 1 saturated carbocycles. The molecule has 1 aliphatic rings. The van der Waals surface area contributed by atoms with E-state index in [1.54, 1.807) is 18.2 Å². The second kappa shape index (κ2) is 14.1. The van der Waals surface area contributed by atoms with E-state index in [1.165, 1.54) is 93.9 Å². The summed E-state index contributed by atoms with van der Waals surface area (Å²) in [7, 11) is 0. The number of hydrogen-bond donors (Lipinski definition) is 0. The Labute approximate surface area is 227 Å². The number of rotatable bonds is 12. The Balaban J connectivity index is 1.17. The molecule has 198 valence electrons. The van der Waals surface area contributed by atoms with Gasteiger partial charge in [-0.15, -0.1) is 0 Å². The van der Waals surface area contributed by atoms with Crippen molar-refractivity contribution in [3.05, 3.63) is 94.0 Å². The van der Waals surface area contributed by atoms with Crippen LogP contribution in [0.4, 0.5) is 8.78 Å². The van der Waals surface area contributed by atoms with E-state index in [4.69, 9.17) is 11.6 Å². The van der Waals surface area contributed by atoms with E-state index in [0.717, 1.165) is 30.2 Å². The van der Waals surface area contributed by atoms with E-state index < -0.39 is 5.82 Å². The van der Waals surface area contributed by atoms with E-state index in [9.17, 15) is 8.78 Å². The Morgan fingerprint density at radius 2 is 1.24 bits per heavy atom. The van der Waals surface area contributed by atoms with Gasteiger partial charge in [-0.2, -0.15) is 0 Å². The summed E-state index contributed by atoms with van der Waals surface area (Å²) in [6.45, 7) is 2.26. The number of benzene rings is 3. The summed E-state index contributed by atoms with van der Waals surface area (Å²) in [6, 6.07) is 19.1. The summed E-state index contributed by atoms with van der Waals surface area (Å²) in [5.41, 5.74) is 4.91. The van der Waals surface area contributed by atoms with Gasteiger partial charge in [0.2, 0.25) is 0 Å². The summed E-state index contributed by atoms with van der Waals surface area (Å²) in [4.78, 5) is 0. The van der Waals surface area contributed by atoms with Crippen LogP contribution in [0.1, 0.15) is 87.8 Å². The summed E-state index contributed by atoms with van der Waals surface area (Å²) in [5.74, 6) is 0.745. The molecule has 3 aromatic carbocycles. The molecular weight excluding hydrogens is 482 g/mol. The molecule has 37 heavy (non-hydrogen) atoms. The molecule has 0 aliphatic heterocycles. The lowest BCUT2D eigenvalue weighted by Crippen LogP contribution is -2.15. The molecule has 0 amide bonds. The number of hydrogen-bond acceptors (Lipinski definition) is 0. The lowest BCUT2D eigenvalue weighted by atomic mass is 9.77. The van der Waals surface area contributed by atoms with Gasteiger partial charge in [0.1, 0.15) is 11.6 Å². The first-order chi connectivity index (χ1) is 18.0. The average Bonchev–Trinajstić information content (AvgIpc) is 2.92.